The number of nitrogens with one attached hydrogen (secondary N) is 2. The lowest BCUT2D eigenvalue weighted by molar-refractivity contribution is 0.0954. The summed E-state index contributed by atoms with van der Waals surface area (Å²) in [5, 5.41) is 5.47. The van der Waals surface area contributed by atoms with Crippen molar-refractivity contribution < 1.29 is 9.18 Å². The van der Waals surface area contributed by atoms with E-state index < -0.39 is 5.82 Å². The second-order valence-electron chi connectivity index (χ2n) is 4.37. The maximum absolute atomic E-state index is 13.6. The molecular weight excluding hydrogens is 259 g/mol. The van der Waals surface area contributed by atoms with Crippen molar-refractivity contribution in [3.8, 4) is 0 Å². The Morgan fingerprint density at radius 2 is 2.25 bits per heavy atom. The van der Waals surface area contributed by atoms with Crippen molar-refractivity contribution in [3.05, 3.63) is 47.8 Å². The van der Waals surface area contributed by atoms with Crippen LogP contribution in [0.5, 0.6) is 0 Å². The van der Waals surface area contributed by atoms with Crippen LogP contribution in [0, 0.1) is 5.82 Å². The van der Waals surface area contributed by atoms with Gasteiger partial charge in [0.25, 0.3) is 5.91 Å². The molecule has 5 nitrogen and oxygen atoms in total. The first kappa shape index (κ1) is 14.0. The number of nitrogens with zero attached hydrogens (tertiary/aromatic N) is 2. The molecule has 0 fully saturated rings. The van der Waals surface area contributed by atoms with Gasteiger partial charge in [0.2, 0.25) is 0 Å². The van der Waals surface area contributed by atoms with Gasteiger partial charge < -0.3 is 15.2 Å². The number of hydrogen-bond acceptors (Lipinski definition) is 3. The first-order chi connectivity index (χ1) is 9.63. The number of benzene rings is 1. The van der Waals surface area contributed by atoms with Crippen molar-refractivity contribution in [1.29, 1.82) is 0 Å². The van der Waals surface area contributed by atoms with E-state index in [1.807, 2.05) is 17.8 Å². The summed E-state index contributed by atoms with van der Waals surface area (Å²) in [6.45, 7) is 0.448. The molecule has 1 heterocycles. The zero-order valence-corrected chi connectivity index (χ0v) is 11.5. The van der Waals surface area contributed by atoms with Gasteiger partial charge in [-0.15, -0.1) is 0 Å². The van der Waals surface area contributed by atoms with E-state index in [1.54, 1.807) is 19.3 Å². The first-order valence-electron chi connectivity index (χ1n) is 6.34. The summed E-state index contributed by atoms with van der Waals surface area (Å²) in [6.07, 6.45) is 4.19. The fraction of sp³-hybridized carbons (Fsp3) is 0.286. The number of aromatic nitrogens is 2. The monoisotopic (exact) mass is 276 g/mol. The van der Waals surface area contributed by atoms with E-state index >= 15 is 0 Å². The van der Waals surface area contributed by atoms with E-state index in [4.69, 9.17) is 0 Å². The van der Waals surface area contributed by atoms with Crippen LogP contribution >= 0.6 is 0 Å². The third kappa shape index (κ3) is 2.96. The lowest BCUT2D eigenvalue weighted by Crippen LogP contribution is -2.27. The van der Waals surface area contributed by atoms with Gasteiger partial charge in [-0.3, -0.25) is 4.79 Å². The number of rotatable bonds is 5. The summed E-state index contributed by atoms with van der Waals surface area (Å²) < 4.78 is 15.4. The molecule has 0 unspecified atom stereocenters. The van der Waals surface area contributed by atoms with Gasteiger partial charge >= 0.3 is 0 Å². The fourth-order valence-corrected chi connectivity index (χ4v) is 1.99. The predicted molar refractivity (Wildman–Crippen MR) is 75.2 cm³/mol. The molecule has 0 bridgehead atoms. The van der Waals surface area contributed by atoms with Crippen LogP contribution < -0.4 is 10.6 Å². The van der Waals surface area contributed by atoms with Crippen molar-refractivity contribution in [3.63, 3.8) is 0 Å². The number of para-hydroxylation sites is 1. The van der Waals surface area contributed by atoms with Crippen LogP contribution in [-0.4, -0.2) is 29.1 Å². The largest absolute Gasteiger partial charge is 0.385 e. The van der Waals surface area contributed by atoms with E-state index in [0.717, 1.165) is 5.82 Å². The summed E-state index contributed by atoms with van der Waals surface area (Å²) in [5.74, 6) is 0.144. The minimum atomic E-state index is -0.441. The van der Waals surface area contributed by atoms with Crippen LogP contribution in [0.1, 0.15) is 16.2 Å². The van der Waals surface area contributed by atoms with Crippen LogP contribution in [0.2, 0.25) is 0 Å². The molecule has 2 rings (SSSR count). The van der Waals surface area contributed by atoms with Crippen molar-refractivity contribution in [2.24, 2.45) is 7.05 Å². The number of carbonyl (C=O) groups excluding carboxylic acids is 1. The number of imidazole rings is 1. The highest BCUT2D eigenvalue weighted by Crippen LogP contribution is 2.18. The number of amides is 1. The molecule has 0 saturated heterocycles. The summed E-state index contributed by atoms with van der Waals surface area (Å²) in [4.78, 5) is 16.2. The number of carbonyl (C=O) groups is 1. The molecule has 0 aliphatic rings. The SMILES string of the molecule is CNc1c(F)cccc1C(=O)NCCc1nccn1C. The second kappa shape index (κ2) is 6.18. The van der Waals surface area contributed by atoms with Gasteiger partial charge in [0.15, 0.2) is 0 Å². The van der Waals surface area contributed by atoms with Crippen molar-refractivity contribution in [1.82, 2.24) is 14.9 Å². The Labute approximate surface area is 116 Å². The quantitative estimate of drug-likeness (QED) is 0.871. The highest BCUT2D eigenvalue weighted by Gasteiger charge is 2.13. The molecule has 1 aromatic carbocycles. The van der Waals surface area contributed by atoms with Crippen molar-refractivity contribution >= 4 is 11.6 Å². The Morgan fingerprint density at radius 3 is 2.90 bits per heavy atom. The second-order valence-corrected chi connectivity index (χ2v) is 4.37. The highest BCUT2D eigenvalue weighted by molar-refractivity contribution is 5.99. The summed E-state index contributed by atoms with van der Waals surface area (Å²) in [6, 6.07) is 4.42. The van der Waals surface area contributed by atoms with Gasteiger partial charge in [0, 0.05) is 39.5 Å². The number of hydrogen-bond donors (Lipinski definition) is 2. The lowest BCUT2D eigenvalue weighted by atomic mass is 10.1. The molecule has 0 saturated carbocycles. The summed E-state index contributed by atoms with van der Waals surface area (Å²) in [5.41, 5.74) is 0.509. The molecule has 0 spiro atoms. The predicted octanol–water partition coefficient (Wildman–Crippen LogP) is 1.57. The van der Waals surface area contributed by atoms with E-state index in [1.165, 1.54) is 12.1 Å². The van der Waals surface area contributed by atoms with Crippen LogP contribution in [0.3, 0.4) is 0 Å². The molecule has 1 amide bonds. The number of halogens is 1. The van der Waals surface area contributed by atoms with E-state index in [9.17, 15) is 9.18 Å². The molecule has 20 heavy (non-hydrogen) atoms. The van der Waals surface area contributed by atoms with Gasteiger partial charge in [0.05, 0.1) is 11.3 Å². The van der Waals surface area contributed by atoms with Crippen molar-refractivity contribution in [2.75, 3.05) is 18.9 Å². The smallest absolute Gasteiger partial charge is 0.253 e. The Balaban J connectivity index is 1.99. The highest BCUT2D eigenvalue weighted by atomic mass is 19.1. The molecular formula is C14H17FN4O. The summed E-state index contributed by atoms with van der Waals surface area (Å²) in [7, 11) is 3.49. The van der Waals surface area contributed by atoms with E-state index in [0.29, 0.717) is 18.5 Å². The Kier molecular flexibility index (Phi) is 4.34. The molecule has 6 heteroatoms. The molecule has 0 atom stereocenters. The topological polar surface area (TPSA) is 59.0 Å². The Morgan fingerprint density at radius 1 is 1.45 bits per heavy atom. The van der Waals surface area contributed by atoms with Crippen molar-refractivity contribution in [2.45, 2.75) is 6.42 Å². The maximum atomic E-state index is 13.6. The van der Waals surface area contributed by atoms with Crippen LogP contribution in [-0.2, 0) is 13.5 Å². The maximum Gasteiger partial charge on any atom is 0.253 e. The Hall–Kier alpha value is -2.37. The third-order valence-corrected chi connectivity index (χ3v) is 3.06. The molecule has 0 radical (unpaired) electrons. The zero-order chi connectivity index (χ0) is 14.5. The molecule has 0 aliphatic heterocycles. The fourth-order valence-electron chi connectivity index (χ4n) is 1.99. The van der Waals surface area contributed by atoms with Crippen LogP contribution in [0.4, 0.5) is 10.1 Å². The standard InChI is InChI=1S/C14H17FN4O/c1-16-13-10(4-3-5-11(13)15)14(20)18-7-6-12-17-8-9-19(12)2/h3-5,8-9,16H,6-7H2,1-2H3,(H,18,20). The number of anilines is 1. The average Bonchev–Trinajstić information content (AvgIpc) is 2.84. The molecule has 106 valence electrons. The van der Waals surface area contributed by atoms with E-state index in [2.05, 4.69) is 15.6 Å². The van der Waals surface area contributed by atoms with Gasteiger partial charge in [-0.25, -0.2) is 9.37 Å². The first-order valence-corrected chi connectivity index (χ1v) is 6.34. The Bertz CT molecular complexity index is 609. The molecule has 2 aromatic rings. The average molecular weight is 276 g/mol. The summed E-state index contributed by atoms with van der Waals surface area (Å²) >= 11 is 0. The van der Waals surface area contributed by atoms with Gasteiger partial charge in [-0.1, -0.05) is 6.07 Å². The molecule has 2 N–H and O–H groups in total. The van der Waals surface area contributed by atoms with Crippen LogP contribution in [0.25, 0.3) is 0 Å². The van der Waals surface area contributed by atoms with Gasteiger partial charge in [-0.2, -0.15) is 0 Å². The van der Waals surface area contributed by atoms with Crippen LogP contribution in [0.15, 0.2) is 30.6 Å². The minimum absolute atomic E-state index is 0.210. The number of aryl methyl sites for hydroxylation is 1. The molecule has 0 aliphatic carbocycles. The molecule has 1 aromatic heterocycles. The van der Waals surface area contributed by atoms with Gasteiger partial charge in [-0.05, 0) is 12.1 Å². The van der Waals surface area contributed by atoms with E-state index in [-0.39, 0.29) is 11.6 Å². The zero-order valence-electron chi connectivity index (χ0n) is 11.5. The normalized spacial score (nSPS) is 10.3. The third-order valence-electron chi connectivity index (χ3n) is 3.06. The lowest BCUT2D eigenvalue weighted by Gasteiger charge is -2.10. The van der Waals surface area contributed by atoms with Gasteiger partial charge in [0.1, 0.15) is 11.6 Å². The minimum Gasteiger partial charge on any atom is -0.385 e.